The van der Waals surface area contributed by atoms with Gasteiger partial charge in [-0.25, -0.2) is 4.98 Å². The minimum absolute atomic E-state index is 0.0244. The molecule has 1 unspecified atom stereocenters. The number of primary amides is 2. The number of aromatic amines is 2. The van der Waals surface area contributed by atoms with E-state index < -0.39 is 206 Å². The van der Waals surface area contributed by atoms with E-state index in [1.54, 1.807) is 44.3 Å². The van der Waals surface area contributed by atoms with E-state index in [1.807, 2.05) is 20.1 Å². The molecule has 1 aliphatic heterocycles. The first-order valence-electron chi connectivity index (χ1n) is 35.4. The molecule has 5 rings (SSSR count). The second-order valence-electron chi connectivity index (χ2n) is 28.1. The summed E-state index contributed by atoms with van der Waals surface area (Å²) in [6, 6.07) is 8.21. The lowest BCUT2D eigenvalue weighted by atomic mass is 9.89. The number of fused-ring (bicyclic) bond motifs is 1. The molecule has 7 atom stereocenters. The van der Waals surface area contributed by atoms with Crippen molar-refractivity contribution in [2.24, 2.45) is 41.1 Å². The Kier molecular flexibility index (Phi) is 35.1. The van der Waals surface area contributed by atoms with Crippen molar-refractivity contribution in [3.8, 4) is 0 Å². The molecule has 1 saturated heterocycles. The number of rotatable bonds is 50. The number of benzene rings is 2. The smallest absolute Gasteiger partial charge is 0.317 e. The van der Waals surface area contributed by atoms with Crippen LogP contribution < -0.4 is 38.1 Å². The van der Waals surface area contributed by atoms with Crippen LogP contribution in [0, 0.1) is 29.6 Å². The van der Waals surface area contributed by atoms with E-state index >= 15 is 0 Å². The molecule has 2 aromatic carbocycles. The maximum absolute atomic E-state index is 14.6. The lowest BCUT2D eigenvalue weighted by Gasteiger charge is -2.45. The highest BCUT2D eigenvalue weighted by molar-refractivity contribution is 7.98. The Morgan fingerprint density at radius 3 is 1.83 bits per heavy atom. The number of carbonyl (C=O) groups is 16. The first-order valence-corrected chi connectivity index (χ1v) is 36.8. The summed E-state index contributed by atoms with van der Waals surface area (Å²) < 4.78 is 0. The number of H-pyrrole nitrogens is 2. The van der Waals surface area contributed by atoms with Gasteiger partial charge in [-0.2, -0.15) is 11.8 Å². The van der Waals surface area contributed by atoms with Gasteiger partial charge in [0.05, 0.1) is 57.2 Å². The number of imidazole rings is 1. The quantitative estimate of drug-likeness (QED) is 0.0277. The summed E-state index contributed by atoms with van der Waals surface area (Å²) in [6.45, 7) is 4.76. The minimum Gasteiger partial charge on any atom is -0.480 e. The fourth-order valence-electron chi connectivity index (χ4n) is 12.9. The number of carbonyl (C=O) groups excluding carboxylic acids is 12. The summed E-state index contributed by atoms with van der Waals surface area (Å²) in [7, 11) is 0. The number of aromatic nitrogens is 3. The maximum Gasteiger partial charge on any atom is 0.317 e. The summed E-state index contributed by atoms with van der Waals surface area (Å²) in [4.78, 5) is 225. The van der Waals surface area contributed by atoms with Crippen molar-refractivity contribution in [1.29, 1.82) is 0 Å². The van der Waals surface area contributed by atoms with Crippen molar-refractivity contribution in [2.75, 3.05) is 70.9 Å². The number of Topliss-reactive ketones (excluding diaryl/α,β-unsaturated/α-hetero) is 5. The van der Waals surface area contributed by atoms with Crippen molar-refractivity contribution < 1.29 is 97.1 Å². The predicted octanol–water partition coefficient (Wildman–Crippen LogP) is 1.24. The Morgan fingerprint density at radius 1 is 0.636 bits per heavy atom. The number of amides is 7. The molecule has 33 nitrogen and oxygen atoms in total. The van der Waals surface area contributed by atoms with Gasteiger partial charge in [0.25, 0.3) is 0 Å². The second kappa shape index (κ2) is 42.9. The zero-order valence-corrected chi connectivity index (χ0v) is 62.0. The van der Waals surface area contributed by atoms with Crippen LogP contribution in [0.4, 0.5) is 0 Å². The van der Waals surface area contributed by atoms with E-state index in [1.165, 1.54) is 65.3 Å². The molecule has 4 aromatic rings. The summed E-state index contributed by atoms with van der Waals surface area (Å²) in [6.07, 6.45) is 3.37. The number of carboxylic acid groups (broad SMARTS) is 4. The second-order valence-corrected chi connectivity index (χ2v) is 29.1. The summed E-state index contributed by atoms with van der Waals surface area (Å²) in [5.74, 6) is -16.1. The van der Waals surface area contributed by atoms with Gasteiger partial charge in [-0.1, -0.05) is 77.1 Å². The van der Waals surface area contributed by atoms with Crippen molar-refractivity contribution in [2.45, 2.75) is 154 Å². The molecule has 0 aliphatic carbocycles. The van der Waals surface area contributed by atoms with Crippen LogP contribution in [0.3, 0.4) is 0 Å². The normalized spacial score (nSPS) is 15.1. The van der Waals surface area contributed by atoms with Crippen LogP contribution in [0.2, 0.25) is 0 Å². The van der Waals surface area contributed by atoms with E-state index in [2.05, 4.69) is 41.5 Å². The number of nitrogens with two attached hydrogens (primary N) is 2. The van der Waals surface area contributed by atoms with E-state index in [0.717, 1.165) is 10.3 Å². The van der Waals surface area contributed by atoms with Crippen LogP contribution in [-0.2, 0) is 91.2 Å². The molecule has 584 valence electrons. The van der Waals surface area contributed by atoms with Crippen LogP contribution in [0.25, 0.3) is 10.9 Å². The molecule has 0 spiro atoms. The van der Waals surface area contributed by atoms with Gasteiger partial charge in [0, 0.05) is 148 Å². The van der Waals surface area contributed by atoms with Crippen molar-refractivity contribution in [3.05, 3.63) is 89.6 Å². The standard InChI is InChI=1S/C73H101N13O20S/c1-42(2)25-54(60(91)29-47(69(75)103)20-24-107-6)82-72(106)56(31-50-33-76-41-79-50)80-63(94)18-16-57(88)68(43(3)4)83-70(104)44(5)26-59(90)55(28-49-32-77-53-10-8-7-9-52(49)53)81-71(105)48(15-17-61(74)92)30-58(89)46-13-11-45(12-14-46)27-51(87)34-78-62(93)19-21-73(86(37-66(99)100)38-67(101)102)39-84(35-64(95)96)22-23-85(40-73)36-65(97)98/h7-14,32-33,41-44,47-48,54-56,68,77H,15-31,34-40H2,1-6H3,(H2,74,92)(H2,75,103)(H,76,79)(H,78,93)(H,80,94)(H,81,105)(H,82,106)(H,83,104)(H,95,96)(H,97,98)(H,99,100)(H,101,102)/t44-,47-,48-,54?,55+,56+,68+/m1/s1. The molecule has 2 aromatic heterocycles. The molecule has 34 heteroatoms. The first kappa shape index (κ1) is 87.6. The molecule has 0 saturated carbocycles. The Morgan fingerprint density at radius 2 is 1.26 bits per heavy atom. The number of aliphatic carboxylic acids is 4. The molecule has 15 N–H and O–H groups in total. The average Bonchev–Trinajstić information content (AvgIpc) is 1.79. The van der Waals surface area contributed by atoms with Gasteiger partial charge in [-0.05, 0) is 66.7 Å². The van der Waals surface area contributed by atoms with Crippen molar-refractivity contribution in [1.82, 2.24) is 56.2 Å². The number of nitrogens with zero attached hydrogens (tertiary/aromatic N) is 4. The minimum atomic E-state index is -1.58. The lowest BCUT2D eigenvalue weighted by Crippen LogP contribution is -2.62. The largest absolute Gasteiger partial charge is 0.480 e. The highest BCUT2D eigenvalue weighted by atomic mass is 32.2. The topological polar surface area (TPSA) is 520 Å². The van der Waals surface area contributed by atoms with Crippen molar-refractivity contribution in [3.63, 3.8) is 0 Å². The molecular weight excluding hydrogens is 1410 g/mol. The maximum atomic E-state index is 14.6. The van der Waals surface area contributed by atoms with Gasteiger partial charge < -0.3 is 68.4 Å². The first-order chi connectivity index (χ1) is 50.5. The molecule has 3 heterocycles. The van der Waals surface area contributed by atoms with Gasteiger partial charge in [0.2, 0.25) is 41.4 Å². The van der Waals surface area contributed by atoms with Gasteiger partial charge in [-0.3, -0.25) is 91.4 Å². The molecular formula is C73H101N13O20S. The average molecular weight is 1510 g/mol. The van der Waals surface area contributed by atoms with Crippen LogP contribution in [0.1, 0.15) is 132 Å². The monoisotopic (exact) mass is 1510 g/mol. The van der Waals surface area contributed by atoms with Crippen LogP contribution in [0.15, 0.2) is 67.3 Å². The van der Waals surface area contributed by atoms with E-state index in [9.17, 15) is 97.1 Å². The zero-order valence-electron chi connectivity index (χ0n) is 61.2. The van der Waals surface area contributed by atoms with Gasteiger partial charge in [-0.15, -0.1) is 0 Å². The summed E-state index contributed by atoms with van der Waals surface area (Å²) in [5, 5.41) is 53.1. The molecule has 107 heavy (non-hydrogen) atoms. The van der Waals surface area contributed by atoms with E-state index in [4.69, 9.17) is 11.5 Å². The number of ketones is 5. The SMILES string of the molecule is CSCC[C@H](CC(=O)C(CC(C)C)NC(=O)[C@H](Cc1cnc[nH]1)NC(=O)CCC(=O)[C@@H](NC(=O)[C@H](C)CC(=O)[C@H](Cc1c[nH]c2ccccc12)NC(=O)[C@H](CCC(N)=O)CC(=O)c1ccc(CC(=O)CNC(=O)CCC2(N(CC(=O)O)CC(=O)O)CN(CC(=O)O)CCN(CC(=O)O)C2)cc1)C(C)C)C(N)=O. The predicted molar refractivity (Wildman–Crippen MR) is 391 cm³/mol. The van der Waals surface area contributed by atoms with Crippen LogP contribution in [0.5, 0.6) is 0 Å². The van der Waals surface area contributed by atoms with Crippen LogP contribution >= 0.6 is 11.8 Å². The van der Waals surface area contributed by atoms with E-state index in [-0.39, 0.29) is 95.4 Å². The zero-order chi connectivity index (χ0) is 79.2. The number of hydrogen-bond acceptors (Lipinski definition) is 21. The molecule has 1 fully saturated rings. The van der Waals surface area contributed by atoms with E-state index in [0.29, 0.717) is 34.5 Å². The third-order valence-electron chi connectivity index (χ3n) is 18.6. The molecule has 1 aliphatic rings. The fraction of sp³-hybridized carbons (Fsp3) is 0.548. The molecule has 7 amide bonds. The lowest BCUT2D eigenvalue weighted by molar-refractivity contribution is -0.148. The number of hydrogen-bond donors (Lipinski definition) is 13. The van der Waals surface area contributed by atoms with Gasteiger partial charge in [0.1, 0.15) is 6.04 Å². The number of para-hydroxylation sites is 1. The van der Waals surface area contributed by atoms with Gasteiger partial charge in [0.15, 0.2) is 28.9 Å². The van der Waals surface area contributed by atoms with Crippen molar-refractivity contribution >= 4 is 117 Å². The van der Waals surface area contributed by atoms with Gasteiger partial charge >= 0.3 is 23.9 Å². The highest BCUT2D eigenvalue weighted by Gasteiger charge is 2.45. The number of carboxylic acids is 4. The number of thioether (sulfide) groups is 1. The Hall–Kier alpha value is -10.1. The highest BCUT2D eigenvalue weighted by Crippen LogP contribution is 2.29. The Labute approximate surface area is 623 Å². The number of nitrogens with one attached hydrogen (secondary N) is 7. The van der Waals surface area contributed by atoms with Crippen LogP contribution in [-0.4, -0.2) is 245 Å². The summed E-state index contributed by atoms with van der Waals surface area (Å²) in [5.41, 5.74) is 11.9. The Bertz CT molecular complexity index is 3760. The third kappa shape index (κ3) is 29.7. The third-order valence-corrected chi connectivity index (χ3v) is 19.2. The molecule has 0 radical (unpaired) electrons. The Balaban J connectivity index is 1.24. The fourth-order valence-corrected chi connectivity index (χ4v) is 13.4. The molecule has 0 bridgehead atoms. The summed E-state index contributed by atoms with van der Waals surface area (Å²) >= 11 is 1.49.